The van der Waals surface area contributed by atoms with Gasteiger partial charge in [0.15, 0.2) is 0 Å². The summed E-state index contributed by atoms with van der Waals surface area (Å²) in [5, 5.41) is 8.79. The van der Waals surface area contributed by atoms with E-state index in [1.807, 2.05) is 0 Å². The van der Waals surface area contributed by atoms with Gasteiger partial charge in [0, 0.05) is 13.0 Å². The third kappa shape index (κ3) is 38.9. The van der Waals surface area contributed by atoms with Crippen LogP contribution < -0.4 is 0 Å². The number of esters is 1. The first-order valence-corrected chi connectivity index (χ1v) is 19.9. The number of aliphatic hydroxyl groups is 1. The van der Waals surface area contributed by atoms with Gasteiger partial charge in [-0.2, -0.15) is 0 Å². The van der Waals surface area contributed by atoms with Gasteiger partial charge in [-0.05, 0) is 51.4 Å². The van der Waals surface area contributed by atoms with Crippen LogP contribution in [0.4, 0.5) is 0 Å². The predicted octanol–water partition coefficient (Wildman–Crippen LogP) is 13.5. The van der Waals surface area contributed by atoms with Crippen LogP contribution in [0.15, 0.2) is 24.3 Å². The molecule has 0 aromatic rings. The van der Waals surface area contributed by atoms with Crippen molar-refractivity contribution in [2.45, 2.75) is 219 Å². The fourth-order valence-electron chi connectivity index (χ4n) is 5.91. The van der Waals surface area contributed by atoms with Crippen molar-refractivity contribution in [1.29, 1.82) is 0 Å². The van der Waals surface area contributed by atoms with Gasteiger partial charge in [0.05, 0.1) is 6.61 Å². The van der Waals surface area contributed by atoms with Crippen molar-refractivity contribution < 1.29 is 14.6 Å². The standard InChI is InChI=1S/C41H78O3/c1-2-3-4-5-6-7-8-9-17-20-23-26-29-32-35-38-41(43)44-40-37-34-31-28-25-22-19-16-14-12-10-11-13-15-18-21-24-27-30-33-36-39-42/h6-7,9,17,42H,2-5,8,10-16,18-40H2,1H3/b7-6-,17-9-. The molecule has 44 heavy (non-hydrogen) atoms. The van der Waals surface area contributed by atoms with Crippen LogP contribution in [0.2, 0.25) is 0 Å². The zero-order valence-electron chi connectivity index (χ0n) is 29.8. The number of carbonyl (C=O) groups excluding carboxylic acids is 1. The van der Waals surface area contributed by atoms with E-state index in [-0.39, 0.29) is 5.97 Å². The molecule has 0 atom stereocenters. The third-order valence-corrected chi connectivity index (χ3v) is 8.90. The van der Waals surface area contributed by atoms with Gasteiger partial charge in [-0.3, -0.25) is 4.79 Å². The summed E-state index contributed by atoms with van der Waals surface area (Å²) in [6.45, 7) is 3.23. The molecule has 0 spiro atoms. The normalized spacial score (nSPS) is 11.8. The Bertz CT molecular complexity index is 597. The van der Waals surface area contributed by atoms with E-state index in [4.69, 9.17) is 9.84 Å². The Morgan fingerprint density at radius 3 is 1.25 bits per heavy atom. The van der Waals surface area contributed by atoms with Crippen LogP contribution in [0.3, 0.4) is 0 Å². The first kappa shape index (κ1) is 42.9. The Hall–Kier alpha value is -1.09. The van der Waals surface area contributed by atoms with Gasteiger partial charge >= 0.3 is 5.97 Å². The number of hydrogen-bond acceptors (Lipinski definition) is 3. The molecule has 0 saturated carbocycles. The molecule has 0 aliphatic carbocycles. The molecule has 0 bridgehead atoms. The molecule has 0 rings (SSSR count). The van der Waals surface area contributed by atoms with E-state index in [1.54, 1.807) is 0 Å². The zero-order valence-corrected chi connectivity index (χ0v) is 29.8. The molecule has 3 heteroatoms. The lowest BCUT2D eigenvalue weighted by atomic mass is 10.0. The molecule has 0 aromatic carbocycles. The van der Waals surface area contributed by atoms with E-state index in [0.717, 1.165) is 32.1 Å². The number of carbonyl (C=O) groups is 1. The van der Waals surface area contributed by atoms with Crippen molar-refractivity contribution in [2.75, 3.05) is 13.2 Å². The number of allylic oxidation sites excluding steroid dienone is 4. The number of unbranched alkanes of at least 4 members (excludes halogenated alkanes) is 28. The van der Waals surface area contributed by atoms with Crippen LogP contribution in [-0.2, 0) is 9.53 Å². The fraction of sp³-hybridized carbons (Fsp3) is 0.878. The van der Waals surface area contributed by atoms with E-state index in [1.165, 1.54) is 173 Å². The summed E-state index contributed by atoms with van der Waals surface area (Å²) in [7, 11) is 0. The Labute approximate surface area is 276 Å². The van der Waals surface area contributed by atoms with Crippen LogP contribution in [0.25, 0.3) is 0 Å². The van der Waals surface area contributed by atoms with Crippen LogP contribution in [0.1, 0.15) is 219 Å². The molecule has 0 aromatic heterocycles. The molecule has 0 aliphatic heterocycles. The SMILES string of the molecule is CCCCC/C=C\C/C=C\CCCCCCCC(=O)OCCCCCCCCCCCCCCCCCCCCCCCO. The van der Waals surface area contributed by atoms with Crippen molar-refractivity contribution in [3.8, 4) is 0 Å². The second-order valence-corrected chi connectivity index (χ2v) is 13.3. The molecule has 0 amide bonds. The molecular weight excluding hydrogens is 540 g/mol. The van der Waals surface area contributed by atoms with Gasteiger partial charge < -0.3 is 9.84 Å². The predicted molar refractivity (Wildman–Crippen MR) is 194 cm³/mol. The van der Waals surface area contributed by atoms with Gasteiger partial charge in [0.2, 0.25) is 0 Å². The maximum atomic E-state index is 12.0. The van der Waals surface area contributed by atoms with Crippen LogP contribution in [0.5, 0.6) is 0 Å². The lowest BCUT2D eigenvalue weighted by Crippen LogP contribution is -2.05. The van der Waals surface area contributed by atoms with E-state index in [2.05, 4.69) is 31.2 Å². The number of aliphatic hydroxyl groups excluding tert-OH is 1. The highest BCUT2D eigenvalue weighted by atomic mass is 16.5. The average molecular weight is 619 g/mol. The van der Waals surface area contributed by atoms with Gasteiger partial charge in [0.25, 0.3) is 0 Å². The molecular formula is C41H78O3. The number of hydrogen-bond donors (Lipinski definition) is 1. The Morgan fingerprint density at radius 2 is 0.818 bits per heavy atom. The second kappa shape index (κ2) is 39.9. The zero-order chi connectivity index (χ0) is 31.9. The van der Waals surface area contributed by atoms with Crippen molar-refractivity contribution in [1.82, 2.24) is 0 Å². The molecule has 3 nitrogen and oxygen atoms in total. The first-order chi connectivity index (χ1) is 21.8. The molecule has 0 aliphatic rings. The lowest BCUT2D eigenvalue weighted by Gasteiger charge is -2.06. The smallest absolute Gasteiger partial charge is 0.305 e. The Morgan fingerprint density at radius 1 is 0.455 bits per heavy atom. The summed E-state index contributed by atoms with van der Waals surface area (Å²) in [4.78, 5) is 12.0. The van der Waals surface area contributed by atoms with Gasteiger partial charge in [-0.1, -0.05) is 185 Å². The minimum absolute atomic E-state index is 0.00721. The molecule has 0 heterocycles. The largest absolute Gasteiger partial charge is 0.466 e. The molecule has 0 saturated heterocycles. The average Bonchev–Trinajstić information content (AvgIpc) is 3.03. The van der Waals surface area contributed by atoms with Crippen LogP contribution >= 0.6 is 0 Å². The summed E-state index contributed by atoms with van der Waals surface area (Å²) in [5.74, 6) is 0.00721. The molecule has 0 fully saturated rings. The van der Waals surface area contributed by atoms with E-state index in [0.29, 0.717) is 19.6 Å². The summed E-state index contributed by atoms with van der Waals surface area (Å²) in [6.07, 6.45) is 51.2. The highest BCUT2D eigenvalue weighted by molar-refractivity contribution is 5.69. The fourth-order valence-corrected chi connectivity index (χ4v) is 5.91. The van der Waals surface area contributed by atoms with Gasteiger partial charge in [0.1, 0.15) is 0 Å². The topological polar surface area (TPSA) is 46.5 Å². The summed E-state index contributed by atoms with van der Waals surface area (Å²) < 4.78 is 5.44. The highest BCUT2D eigenvalue weighted by Gasteiger charge is 2.02. The number of ether oxygens (including phenoxy) is 1. The third-order valence-electron chi connectivity index (χ3n) is 8.90. The second-order valence-electron chi connectivity index (χ2n) is 13.3. The first-order valence-electron chi connectivity index (χ1n) is 19.9. The Balaban J connectivity index is 3.19. The Kier molecular flexibility index (Phi) is 38.9. The highest BCUT2D eigenvalue weighted by Crippen LogP contribution is 2.15. The summed E-state index contributed by atoms with van der Waals surface area (Å²) >= 11 is 0. The van der Waals surface area contributed by atoms with E-state index in [9.17, 15) is 4.79 Å². The molecule has 260 valence electrons. The minimum Gasteiger partial charge on any atom is -0.466 e. The summed E-state index contributed by atoms with van der Waals surface area (Å²) in [6, 6.07) is 0. The quantitative estimate of drug-likeness (QED) is 0.0428. The molecule has 1 N–H and O–H groups in total. The number of rotatable bonds is 37. The van der Waals surface area contributed by atoms with E-state index < -0.39 is 0 Å². The van der Waals surface area contributed by atoms with Gasteiger partial charge in [-0.25, -0.2) is 0 Å². The van der Waals surface area contributed by atoms with Crippen molar-refractivity contribution in [2.24, 2.45) is 0 Å². The summed E-state index contributed by atoms with van der Waals surface area (Å²) in [5.41, 5.74) is 0. The van der Waals surface area contributed by atoms with E-state index >= 15 is 0 Å². The molecule has 0 unspecified atom stereocenters. The van der Waals surface area contributed by atoms with Gasteiger partial charge in [-0.15, -0.1) is 0 Å². The monoisotopic (exact) mass is 619 g/mol. The van der Waals surface area contributed by atoms with Crippen molar-refractivity contribution in [3.63, 3.8) is 0 Å². The van der Waals surface area contributed by atoms with Crippen LogP contribution in [-0.4, -0.2) is 24.3 Å². The van der Waals surface area contributed by atoms with Crippen molar-refractivity contribution >= 4 is 5.97 Å². The minimum atomic E-state index is 0.00721. The maximum Gasteiger partial charge on any atom is 0.305 e. The molecule has 0 radical (unpaired) electrons. The van der Waals surface area contributed by atoms with Crippen molar-refractivity contribution in [3.05, 3.63) is 24.3 Å². The maximum absolute atomic E-state index is 12.0. The van der Waals surface area contributed by atoms with Crippen LogP contribution in [0, 0.1) is 0 Å². The lowest BCUT2D eigenvalue weighted by molar-refractivity contribution is -0.143.